The van der Waals surface area contributed by atoms with Gasteiger partial charge in [0.15, 0.2) is 32.1 Å². The molecule has 0 aliphatic carbocycles. The van der Waals surface area contributed by atoms with Gasteiger partial charge in [0, 0.05) is 0 Å². The zero-order chi connectivity index (χ0) is 26.5. The molecule has 3 N–H and O–H groups in total. The zero-order valence-corrected chi connectivity index (χ0v) is 23.1. The average Bonchev–Trinajstić information content (AvgIpc) is 3.34. The molecule has 3 heterocycles. The van der Waals surface area contributed by atoms with Gasteiger partial charge < -0.3 is 20.0 Å². The number of nitrogens with zero attached hydrogens (tertiary/aromatic N) is 4. The smallest absolute Gasteiger partial charge is 0.297 e. The number of nitrogen functional groups attached to an aromatic ring is 1. The van der Waals surface area contributed by atoms with Gasteiger partial charge in [-0.1, -0.05) is 38.5 Å². The molecule has 0 amide bonds. The van der Waals surface area contributed by atoms with Crippen molar-refractivity contribution in [1.82, 2.24) is 19.5 Å². The van der Waals surface area contributed by atoms with Crippen LogP contribution in [0.3, 0.4) is 0 Å². The summed E-state index contributed by atoms with van der Waals surface area (Å²) in [6.45, 7) is 12.4. The number of aromatic nitrogens is 4. The average molecular weight is 536 g/mol. The molecule has 1 aliphatic heterocycles. The molecule has 1 aliphatic rings. The maximum absolute atomic E-state index is 13.1. The molecule has 13 heteroatoms. The van der Waals surface area contributed by atoms with Crippen LogP contribution in [0.2, 0.25) is 18.1 Å². The van der Waals surface area contributed by atoms with E-state index in [1.54, 1.807) is 12.1 Å². The number of ether oxygens (including phenoxy) is 1. The third-order valence-corrected chi connectivity index (χ3v) is 12.8. The monoisotopic (exact) mass is 535 g/mol. The highest BCUT2D eigenvalue weighted by molar-refractivity contribution is 7.86. The third-order valence-electron chi connectivity index (χ3n) is 6.94. The third kappa shape index (κ3) is 5.03. The Morgan fingerprint density at radius 1 is 1.17 bits per heavy atom. The molecule has 0 saturated carbocycles. The van der Waals surface area contributed by atoms with E-state index in [9.17, 15) is 13.5 Å². The minimum absolute atomic E-state index is 0.0259. The SMILES string of the molecule is Cc1ccc(S(=O)(=O)OC2C(O)C(CO[Si](C)(C)C(C)(C)C)OC2n2cnc3c(N)ncnc32)cc1. The van der Waals surface area contributed by atoms with Crippen LogP contribution in [0.1, 0.15) is 32.6 Å². The van der Waals surface area contributed by atoms with Gasteiger partial charge in [-0.05, 0) is 37.2 Å². The van der Waals surface area contributed by atoms with Gasteiger partial charge in [-0.2, -0.15) is 8.42 Å². The Kier molecular flexibility index (Phi) is 7.00. The maximum atomic E-state index is 13.1. The summed E-state index contributed by atoms with van der Waals surface area (Å²) in [5.74, 6) is 0.167. The van der Waals surface area contributed by atoms with E-state index in [4.69, 9.17) is 19.1 Å². The second kappa shape index (κ2) is 9.47. The molecular formula is C23H33N5O6SSi. The number of aryl methyl sites for hydroxylation is 1. The van der Waals surface area contributed by atoms with Crippen molar-refractivity contribution in [3.8, 4) is 0 Å². The first-order chi connectivity index (χ1) is 16.7. The van der Waals surface area contributed by atoms with E-state index >= 15 is 0 Å². The van der Waals surface area contributed by atoms with E-state index in [1.165, 1.54) is 29.4 Å². The zero-order valence-electron chi connectivity index (χ0n) is 21.2. The summed E-state index contributed by atoms with van der Waals surface area (Å²) in [6, 6.07) is 6.27. The van der Waals surface area contributed by atoms with Gasteiger partial charge >= 0.3 is 0 Å². The van der Waals surface area contributed by atoms with Crippen LogP contribution in [0.25, 0.3) is 11.2 Å². The van der Waals surface area contributed by atoms with Crippen LogP contribution in [0.5, 0.6) is 0 Å². The summed E-state index contributed by atoms with van der Waals surface area (Å²) >= 11 is 0. The molecule has 196 valence electrons. The molecule has 4 atom stereocenters. The predicted octanol–water partition coefficient (Wildman–Crippen LogP) is 2.77. The fourth-order valence-corrected chi connectivity index (χ4v) is 5.75. The lowest BCUT2D eigenvalue weighted by molar-refractivity contribution is -0.0461. The molecule has 0 radical (unpaired) electrons. The second-order valence-electron chi connectivity index (χ2n) is 10.5. The van der Waals surface area contributed by atoms with Crippen LogP contribution < -0.4 is 5.73 Å². The Morgan fingerprint density at radius 2 is 1.83 bits per heavy atom. The van der Waals surface area contributed by atoms with Crippen molar-refractivity contribution in [1.29, 1.82) is 0 Å². The minimum atomic E-state index is -4.23. The van der Waals surface area contributed by atoms with Crippen LogP contribution in [0, 0.1) is 6.92 Å². The number of aliphatic hydroxyl groups excluding tert-OH is 1. The van der Waals surface area contributed by atoms with Crippen molar-refractivity contribution < 1.29 is 26.9 Å². The number of aliphatic hydroxyl groups is 1. The van der Waals surface area contributed by atoms with E-state index in [-0.39, 0.29) is 22.4 Å². The van der Waals surface area contributed by atoms with E-state index < -0.39 is 43.0 Å². The highest BCUT2D eigenvalue weighted by Crippen LogP contribution is 2.39. The first kappa shape index (κ1) is 26.6. The number of hydrogen-bond donors (Lipinski definition) is 2. The molecule has 1 fully saturated rings. The van der Waals surface area contributed by atoms with E-state index in [0.717, 1.165) is 5.56 Å². The summed E-state index contributed by atoms with van der Waals surface area (Å²) in [5, 5.41) is 11.2. The Balaban J connectivity index is 1.68. The van der Waals surface area contributed by atoms with Gasteiger partial charge in [-0.3, -0.25) is 8.75 Å². The molecule has 4 unspecified atom stereocenters. The highest BCUT2D eigenvalue weighted by atomic mass is 32.2. The van der Waals surface area contributed by atoms with Crippen molar-refractivity contribution in [2.45, 2.75) is 75.3 Å². The van der Waals surface area contributed by atoms with Crippen LogP contribution in [0.15, 0.2) is 41.8 Å². The van der Waals surface area contributed by atoms with Gasteiger partial charge in [0.1, 0.15) is 24.1 Å². The van der Waals surface area contributed by atoms with E-state index in [1.807, 2.05) is 6.92 Å². The molecule has 1 aromatic carbocycles. The van der Waals surface area contributed by atoms with Gasteiger partial charge in [0.25, 0.3) is 10.1 Å². The predicted molar refractivity (Wildman–Crippen MR) is 136 cm³/mol. The summed E-state index contributed by atoms with van der Waals surface area (Å²) in [4.78, 5) is 12.4. The summed E-state index contributed by atoms with van der Waals surface area (Å²) < 4.78 is 45.9. The number of fused-ring (bicyclic) bond motifs is 1. The number of hydrogen-bond acceptors (Lipinski definition) is 10. The van der Waals surface area contributed by atoms with Gasteiger partial charge in [0.2, 0.25) is 0 Å². The van der Waals surface area contributed by atoms with Gasteiger partial charge in [-0.25, -0.2) is 15.0 Å². The Hall–Kier alpha value is -2.42. The topological polar surface area (TPSA) is 152 Å². The lowest BCUT2D eigenvalue weighted by atomic mass is 10.1. The van der Waals surface area contributed by atoms with Crippen LogP contribution in [0.4, 0.5) is 5.82 Å². The largest absolute Gasteiger partial charge is 0.414 e. The molecule has 11 nitrogen and oxygen atoms in total. The number of rotatable bonds is 7. The molecular weight excluding hydrogens is 502 g/mol. The standard InChI is InChI=1S/C23H33N5O6SSi/c1-14-7-9-15(10-8-14)35(30,31)34-19-18(29)16(11-32-36(5,6)23(2,3)4)33-22(19)28-13-27-17-20(24)25-12-26-21(17)28/h7-10,12-13,16,18-19,22,29H,11H2,1-6H3,(H2,24,25,26). The summed E-state index contributed by atoms with van der Waals surface area (Å²) in [6.07, 6.45) is -1.82. The first-order valence-corrected chi connectivity index (χ1v) is 15.9. The molecule has 2 aromatic heterocycles. The fourth-order valence-electron chi connectivity index (χ4n) is 3.65. The molecule has 1 saturated heterocycles. The Morgan fingerprint density at radius 3 is 2.47 bits per heavy atom. The van der Waals surface area contributed by atoms with E-state index in [0.29, 0.717) is 11.2 Å². The van der Waals surface area contributed by atoms with E-state index in [2.05, 4.69) is 48.8 Å². The maximum Gasteiger partial charge on any atom is 0.297 e. The van der Waals surface area contributed by atoms with Crippen molar-refractivity contribution in [3.63, 3.8) is 0 Å². The van der Waals surface area contributed by atoms with Gasteiger partial charge in [-0.15, -0.1) is 0 Å². The number of benzene rings is 1. The molecule has 3 aromatic rings. The van der Waals surface area contributed by atoms with Gasteiger partial charge in [0.05, 0.1) is 17.8 Å². The molecule has 0 bridgehead atoms. The molecule has 4 rings (SSSR count). The molecule has 36 heavy (non-hydrogen) atoms. The minimum Gasteiger partial charge on any atom is -0.414 e. The lowest BCUT2D eigenvalue weighted by Gasteiger charge is -2.37. The van der Waals surface area contributed by atoms with Crippen molar-refractivity contribution in [3.05, 3.63) is 42.5 Å². The molecule has 0 spiro atoms. The summed E-state index contributed by atoms with van der Waals surface area (Å²) in [5.41, 5.74) is 7.48. The fraction of sp³-hybridized carbons (Fsp3) is 0.522. The van der Waals surface area contributed by atoms with Crippen LogP contribution in [-0.4, -0.2) is 66.3 Å². The van der Waals surface area contributed by atoms with Crippen LogP contribution in [-0.2, 0) is 23.5 Å². The van der Waals surface area contributed by atoms with Crippen molar-refractivity contribution in [2.75, 3.05) is 12.3 Å². The van der Waals surface area contributed by atoms with Crippen molar-refractivity contribution in [2.24, 2.45) is 0 Å². The summed E-state index contributed by atoms with van der Waals surface area (Å²) in [7, 11) is -6.41. The quantitative estimate of drug-likeness (QED) is 0.341. The normalized spacial score (nSPS) is 23.4. The second-order valence-corrected chi connectivity index (χ2v) is 16.9. The highest BCUT2D eigenvalue weighted by Gasteiger charge is 2.50. The van der Waals surface area contributed by atoms with Crippen molar-refractivity contribution >= 4 is 35.4 Å². The first-order valence-electron chi connectivity index (χ1n) is 11.6. The Bertz CT molecular complexity index is 1340. The van der Waals surface area contributed by atoms with Crippen LogP contribution >= 0.6 is 0 Å². The lowest BCUT2D eigenvalue weighted by Crippen LogP contribution is -2.45. The Labute approximate surface area is 211 Å². The number of nitrogens with two attached hydrogens (primary N) is 1. The number of imidazole rings is 1. The number of anilines is 1.